The summed E-state index contributed by atoms with van der Waals surface area (Å²) in [7, 11) is 1.74. The van der Waals surface area contributed by atoms with Gasteiger partial charge in [0.15, 0.2) is 0 Å². The molecule has 16 heavy (non-hydrogen) atoms. The summed E-state index contributed by atoms with van der Waals surface area (Å²) in [5.74, 6) is 1.65. The first-order chi connectivity index (χ1) is 7.86. The molecule has 0 amide bonds. The van der Waals surface area contributed by atoms with E-state index in [1.54, 1.807) is 7.11 Å². The average molecular weight is 220 g/mol. The monoisotopic (exact) mass is 220 g/mol. The fourth-order valence-electron chi connectivity index (χ4n) is 2.74. The van der Waals surface area contributed by atoms with Crippen LogP contribution in [0, 0.1) is 0 Å². The molecule has 0 spiro atoms. The summed E-state index contributed by atoms with van der Waals surface area (Å²) in [5.41, 5.74) is 2.83. The van der Waals surface area contributed by atoms with E-state index in [0.717, 1.165) is 25.0 Å². The van der Waals surface area contributed by atoms with E-state index in [2.05, 4.69) is 12.1 Å². The maximum Gasteiger partial charge on any atom is 0.122 e. The second-order valence-electron chi connectivity index (χ2n) is 4.48. The molecule has 88 valence electrons. The molecular formula is C14H20O2. The molecular weight excluding hydrogens is 200 g/mol. The van der Waals surface area contributed by atoms with Gasteiger partial charge in [-0.2, -0.15) is 0 Å². The van der Waals surface area contributed by atoms with Gasteiger partial charge < -0.3 is 9.84 Å². The minimum Gasteiger partial charge on any atom is -0.496 e. The molecule has 0 heterocycles. The SMILES string of the molecule is COc1cccc2c1CCC[C@@H]2CCCO. The van der Waals surface area contributed by atoms with Gasteiger partial charge in [0.25, 0.3) is 0 Å². The molecule has 0 fully saturated rings. The van der Waals surface area contributed by atoms with Crippen LogP contribution in [0.25, 0.3) is 0 Å². The first-order valence-corrected chi connectivity index (χ1v) is 6.13. The minimum absolute atomic E-state index is 0.301. The number of hydrogen-bond acceptors (Lipinski definition) is 2. The summed E-state index contributed by atoms with van der Waals surface area (Å²) in [6, 6.07) is 6.35. The van der Waals surface area contributed by atoms with E-state index in [9.17, 15) is 0 Å². The smallest absolute Gasteiger partial charge is 0.122 e. The molecule has 0 saturated heterocycles. The van der Waals surface area contributed by atoms with Crippen molar-refractivity contribution in [1.29, 1.82) is 0 Å². The van der Waals surface area contributed by atoms with Crippen LogP contribution in [0.3, 0.4) is 0 Å². The van der Waals surface area contributed by atoms with Gasteiger partial charge in [0.05, 0.1) is 7.11 Å². The minimum atomic E-state index is 0.301. The highest BCUT2D eigenvalue weighted by Gasteiger charge is 2.21. The summed E-state index contributed by atoms with van der Waals surface area (Å²) in [6.07, 6.45) is 5.62. The highest BCUT2D eigenvalue weighted by molar-refractivity contribution is 5.43. The maximum atomic E-state index is 8.92. The second-order valence-corrected chi connectivity index (χ2v) is 4.48. The normalized spacial score (nSPS) is 19.2. The zero-order valence-corrected chi connectivity index (χ0v) is 9.91. The molecule has 1 atom stereocenters. The van der Waals surface area contributed by atoms with Crippen molar-refractivity contribution in [3.8, 4) is 5.75 Å². The molecule has 0 bridgehead atoms. The Kier molecular flexibility index (Phi) is 3.83. The molecule has 0 aliphatic heterocycles. The fourth-order valence-corrected chi connectivity index (χ4v) is 2.74. The van der Waals surface area contributed by atoms with Crippen molar-refractivity contribution in [2.75, 3.05) is 13.7 Å². The number of rotatable bonds is 4. The van der Waals surface area contributed by atoms with Crippen molar-refractivity contribution in [2.24, 2.45) is 0 Å². The molecule has 1 aliphatic carbocycles. The largest absolute Gasteiger partial charge is 0.496 e. The molecule has 2 nitrogen and oxygen atoms in total. The van der Waals surface area contributed by atoms with Crippen LogP contribution in [0.5, 0.6) is 5.75 Å². The lowest BCUT2D eigenvalue weighted by Gasteiger charge is -2.26. The van der Waals surface area contributed by atoms with E-state index in [-0.39, 0.29) is 0 Å². The number of fused-ring (bicyclic) bond motifs is 1. The highest BCUT2D eigenvalue weighted by atomic mass is 16.5. The Bertz CT molecular complexity index is 347. The summed E-state index contributed by atoms with van der Waals surface area (Å²) in [4.78, 5) is 0. The Labute approximate surface area is 97.3 Å². The van der Waals surface area contributed by atoms with E-state index in [4.69, 9.17) is 9.84 Å². The molecule has 0 unspecified atom stereocenters. The molecule has 1 aromatic rings. The van der Waals surface area contributed by atoms with Crippen molar-refractivity contribution >= 4 is 0 Å². The van der Waals surface area contributed by atoms with E-state index >= 15 is 0 Å². The van der Waals surface area contributed by atoms with E-state index in [1.165, 1.54) is 24.0 Å². The molecule has 2 heteroatoms. The summed E-state index contributed by atoms with van der Waals surface area (Å²) >= 11 is 0. The lowest BCUT2D eigenvalue weighted by molar-refractivity contribution is 0.276. The summed E-state index contributed by atoms with van der Waals surface area (Å²) in [6.45, 7) is 0.301. The predicted octanol–water partition coefficient (Wildman–Crippen LogP) is 2.89. The van der Waals surface area contributed by atoms with Gasteiger partial charge >= 0.3 is 0 Å². The molecule has 0 saturated carbocycles. The van der Waals surface area contributed by atoms with Crippen LogP contribution >= 0.6 is 0 Å². The van der Waals surface area contributed by atoms with Crippen molar-refractivity contribution in [2.45, 2.75) is 38.0 Å². The standard InChI is InChI=1S/C14H20O2/c1-16-14-9-3-7-12-11(6-4-10-15)5-2-8-13(12)14/h3,7,9,11,15H,2,4-6,8,10H2,1H3/t11-/m1/s1. The van der Waals surface area contributed by atoms with Gasteiger partial charge in [0, 0.05) is 6.61 Å². The van der Waals surface area contributed by atoms with E-state index in [0.29, 0.717) is 12.5 Å². The zero-order chi connectivity index (χ0) is 11.4. The van der Waals surface area contributed by atoms with Crippen molar-refractivity contribution in [3.63, 3.8) is 0 Å². The Morgan fingerprint density at radius 2 is 2.31 bits per heavy atom. The number of aliphatic hydroxyl groups excluding tert-OH is 1. The second kappa shape index (κ2) is 5.35. The number of ether oxygens (including phenoxy) is 1. The summed E-state index contributed by atoms with van der Waals surface area (Å²) in [5, 5.41) is 8.92. The van der Waals surface area contributed by atoms with Gasteiger partial charge in [-0.25, -0.2) is 0 Å². The molecule has 0 aromatic heterocycles. The number of benzene rings is 1. The van der Waals surface area contributed by atoms with Gasteiger partial charge in [-0.15, -0.1) is 0 Å². The van der Waals surface area contributed by atoms with Crippen LogP contribution in [0.4, 0.5) is 0 Å². The van der Waals surface area contributed by atoms with Crippen molar-refractivity contribution < 1.29 is 9.84 Å². The molecule has 1 aliphatic rings. The molecule has 2 rings (SSSR count). The van der Waals surface area contributed by atoms with Crippen LogP contribution in [0.2, 0.25) is 0 Å². The third-order valence-electron chi connectivity index (χ3n) is 3.52. The average Bonchev–Trinajstić information content (AvgIpc) is 2.35. The Balaban J connectivity index is 2.24. The van der Waals surface area contributed by atoms with Gasteiger partial charge in [0.2, 0.25) is 0 Å². The lowest BCUT2D eigenvalue weighted by Crippen LogP contribution is -2.11. The number of hydrogen-bond donors (Lipinski definition) is 1. The predicted molar refractivity (Wildman–Crippen MR) is 65.0 cm³/mol. The van der Waals surface area contributed by atoms with Crippen molar-refractivity contribution in [3.05, 3.63) is 29.3 Å². The molecule has 0 radical (unpaired) electrons. The number of aliphatic hydroxyl groups is 1. The maximum absolute atomic E-state index is 8.92. The Morgan fingerprint density at radius 3 is 3.06 bits per heavy atom. The first-order valence-electron chi connectivity index (χ1n) is 6.13. The summed E-state index contributed by atoms with van der Waals surface area (Å²) < 4.78 is 5.42. The van der Waals surface area contributed by atoms with E-state index in [1.807, 2.05) is 6.07 Å². The highest BCUT2D eigenvalue weighted by Crippen LogP contribution is 2.38. The molecule has 1 aromatic carbocycles. The third kappa shape index (κ3) is 2.22. The lowest BCUT2D eigenvalue weighted by atomic mass is 9.80. The third-order valence-corrected chi connectivity index (χ3v) is 3.52. The van der Waals surface area contributed by atoms with Crippen molar-refractivity contribution in [1.82, 2.24) is 0 Å². The Hall–Kier alpha value is -1.02. The van der Waals surface area contributed by atoms with Gasteiger partial charge in [-0.3, -0.25) is 0 Å². The van der Waals surface area contributed by atoms with Crippen LogP contribution in [-0.4, -0.2) is 18.8 Å². The fraction of sp³-hybridized carbons (Fsp3) is 0.571. The van der Waals surface area contributed by atoms with Crippen LogP contribution < -0.4 is 4.74 Å². The Morgan fingerprint density at radius 1 is 1.44 bits per heavy atom. The van der Waals surface area contributed by atoms with Gasteiger partial charge in [0.1, 0.15) is 5.75 Å². The van der Waals surface area contributed by atoms with Gasteiger partial charge in [-0.05, 0) is 55.2 Å². The van der Waals surface area contributed by atoms with Crippen LogP contribution in [0.15, 0.2) is 18.2 Å². The van der Waals surface area contributed by atoms with Gasteiger partial charge in [-0.1, -0.05) is 12.1 Å². The van der Waals surface area contributed by atoms with Crippen LogP contribution in [0.1, 0.15) is 42.7 Å². The zero-order valence-electron chi connectivity index (χ0n) is 9.91. The van der Waals surface area contributed by atoms with E-state index < -0.39 is 0 Å². The first kappa shape index (κ1) is 11.5. The van der Waals surface area contributed by atoms with Crippen LogP contribution in [-0.2, 0) is 6.42 Å². The topological polar surface area (TPSA) is 29.5 Å². The molecule has 1 N–H and O–H groups in total. The quantitative estimate of drug-likeness (QED) is 0.845. The number of methoxy groups -OCH3 is 1.